The van der Waals surface area contributed by atoms with Crippen molar-refractivity contribution in [3.05, 3.63) is 29.3 Å². The highest BCUT2D eigenvalue weighted by Gasteiger charge is 2.11. The Morgan fingerprint density at radius 1 is 1.26 bits per heavy atom. The second-order valence-electron chi connectivity index (χ2n) is 5.73. The van der Waals surface area contributed by atoms with E-state index in [9.17, 15) is 0 Å². The van der Waals surface area contributed by atoms with E-state index < -0.39 is 0 Å². The van der Waals surface area contributed by atoms with Gasteiger partial charge in [0.1, 0.15) is 0 Å². The highest BCUT2D eigenvalue weighted by Crippen LogP contribution is 2.22. The predicted octanol–water partition coefficient (Wildman–Crippen LogP) is 3.90. The minimum absolute atomic E-state index is 0.279. The van der Waals surface area contributed by atoms with E-state index in [-0.39, 0.29) is 6.04 Å². The fraction of sp³-hybridized carbons (Fsp3) is 0.647. The summed E-state index contributed by atoms with van der Waals surface area (Å²) < 4.78 is 0. The second kappa shape index (κ2) is 7.54. The van der Waals surface area contributed by atoms with Gasteiger partial charge in [-0.3, -0.25) is 0 Å². The molecule has 1 aromatic carbocycles. The van der Waals surface area contributed by atoms with Crippen LogP contribution in [0, 0.1) is 6.92 Å². The molecule has 0 heterocycles. The van der Waals surface area contributed by atoms with Crippen LogP contribution in [0.15, 0.2) is 18.2 Å². The molecule has 108 valence electrons. The molecule has 0 saturated heterocycles. The Kier molecular flexibility index (Phi) is 6.36. The Hall–Kier alpha value is -1.02. The van der Waals surface area contributed by atoms with Gasteiger partial charge in [0.25, 0.3) is 0 Å². The van der Waals surface area contributed by atoms with Crippen LogP contribution in [0.5, 0.6) is 0 Å². The van der Waals surface area contributed by atoms with E-state index in [0.717, 1.165) is 12.8 Å². The van der Waals surface area contributed by atoms with Crippen molar-refractivity contribution in [1.29, 1.82) is 0 Å². The predicted molar refractivity (Wildman–Crippen MR) is 85.9 cm³/mol. The number of anilines is 1. The number of hydrogen-bond acceptors (Lipinski definition) is 2. The molecule has 2 heteroatoms. The zero-order valence-corrected chi connectivity index (χ0v) is 13.2. The Morgan fingerprint density at radius 3 is 2.47 bits per heavy atom. The van der Waals surface area contributed by atoms with Crippen LogP contribution in [0.1, 0.15) is 51.2 Å². The molecule has 0 aliphatic rings. The molecule has 0 aromatic heterocycles. The van der Waals surface area contributed by atoms with Crippen LogP contribution in [0.4, 0.5) is 5.69 Å². The summed E-state index contributed by atoms with van der Waals surface area (Å²) in [6.07, 6.45) is 4.48. The van der Waals surface area contributed by atoms with E-state index in [0.29, 0.717) is 6.04 Å². The maximum Gasteiger partial charge on any atom is 0.0368 e. The molecule has 2 nitrogen and oxygen atoms in total. The number of aryl methyl sites for hydroxylation is 1. The molecule has 0 radical (unpaired) electrons. The van der Waals surface area contributed by atoms with Crippen molar-refractivity contribution < 1.29 is 0 Å². The highest BCUT2D eigenvalue weighted by atomic mass is 15.1. The molecule has 0 fully saturated rings. The molecular weight excluding hydrogens is 232 g/mol. The van der Waals surface area contributed by atoms with Crippen molar-refractivity contribution in [2.24, 2.45) is 5.73 Å². The van der Waals surface area contributed by atoms with Crippen LogP contribution in [-0.2, 0) is 6.42 Å². The van der Waals surface area contributed by atoms with Gasteiger partial charge in [-0.25, -0.2) is 0 Å². The van der Waals surface area contributed by atoms with Gasteiger partial charge in [0.15, 0.2) is 0 Å². The van der Waals surface area contributed by atoms with Crippen molar-refractivity contribution in [3.63, 3.8) is 0 Å². The average molecular weight is 262 g/mol. The summed E-state index contributed by atoms with van der Waals surface area (Å²) in [6, 6.07) is 7.64. The molecule has 0 spiro atoms. The number of hydrogen-bond donors (Lipinski definition) is 1. The van der Waals surface area contributed by atoms with E-state index in [4.69, 9.17) is 5.73 Å². The third kappa shape index (κ3) is 4.54. The lowest BCUT2D eigenvalue weighted by Crippen LogP contribution is -2.28. The minimum Gasteiger partial charge on any atom is -0.372 e. The summed E-state index contributed by atoms with van der Waals surface area (Å²) in [4.78, 5) is 2.38. The number of nitrogens with zero attached hydrogens (tertiary/aromatic N) is 1. The van der Waals surface area contributed by atoms with Crippen LogP contribution < -0.4 is 10.6 Å². The monoisotopic (exact) mass is 262 g/mol. The van der Waals surface area contributed by atoms with Crippen molar-refractivity contribution >= 4 is 5.69 Å². The Morgan fingerprint density at radius 2 is 1.95 bits per heavy atom. The molecule has 1 rings (SSSR count). The molecule has 0 saturated carbocycles. The van der Waals surface area contributed by atoms with Gasteiger partial charge in [0, 0.05) is 24.8 Å². The first kappa shape index (κ1) is 16.0. The summed E-state index contributed by atoms with van der Waals surface area (Å²) >= 11 is 0. The van der Waals surface area contributed by atoms with Gasteiger partial charge in [-0.1, -0.05) is 26.3 Å². The summed E-state index contributed by atoms with van der Waals surface area (Å²) in [6.45, 7) is 8.87. The quantitative estimate of drug-likeness (QED) is 0.807. The molecule has 0 aliphatic carbocycles. The van der Waals surface area contributed by atoms with Crippen LogP contribution >= 0.6 is 0 Å². The molecule has 0 bridgehead atoms. The summed E-state index contributed by atoms with van der Waals surface area (Å²) in [5.41, 5.74) is 10.1. The Labute approximate surface area is 119 Å². The minimum atomic E-state index is 0.279. The summed E-state index contributed by atoms with van der Waals surface area (Å²) in [7, 11) is 2.19. The lowest BCUT2D eigenvalue weighted by Gasteiger charge is -2.27. The highest BCUT2D eigenvalue weighted by molar-refractivity contribution is 5.51. The maximum atomic E-state index is 6.05. The number of nitrogens with two attached hydrogens (primary N) is 1. The molecule has 1 aromatic rings. The molecular formula is C17H30N2. The fourth-order valence-electron chi connectivity index (χ4n) is 2.42. The molecule has 2 unspecified atom stereocenters. The van der Waals surface area contributed by atoms with Gasteiger partial charge in [-0.2, -0.15) is 0 Å². The topological polar surface area (TPSA) is 29.3 Å². The van der Waals surface area contributed by atoms with E-state index in [1.54, 1.807) is 0 Å². The van der Waals surface area contributed by atoms with Crippen molar-refractivity contribution in [2.75, 3.05) is 11.9 Å². The SMILES string of the molecule is CCCC(C)N(C)c1ccc(CC(N)CC)c(C)c1. The lowest BCUT2D eigenvalue weighted by molar-refractivity contribution is 0.615. The maximum absolute atomic E-state index is 6.05. The zero-order chi connectivity index (χ0) is 14.4. The molecule has 19 heavy (non-hydrogen) atoms. The van der Waals surface area contributed by atoms with Crippen LogP contribution in [-0.4, -0.2) is 19.1 Å². The van der Waals surface area contributed by atoms with Crippen LogP contribution in [0.25, 0.3) is 0 Å². The first-order valence-corrected chi connectivity index (χ1v) is 7.57. The molecule has 0 aliphatic heterocycles. The van der Waals surface area contributed by atoms with E-state index in [2.05, 4.69) is 57.8 Å². The van der Waals surface area contributed by atoms with Crippen molar-refractivity contribution in [2.45, 2.75) is 65.5 Å². The van der Waals surface area contributed by atoms with Gasteiger partial charge in [-0.15, -0.1) is 0 Å². The smallest absolute Gasteiger partial charge is 0.0368 e. The summed E-state index contributed by atoms with van der Waals surface area (Å²) in [5, 5.41) is 0. The first-order valence-electron chi connectivity index (χ1n) is 7.57. The average Bonchev–Trinajstić information content (AvgIpc) is 2.40. The number of benzene rings is 1. The Bertz CT molecular complexity index is 387. The van der Waals surface area contributed by atoms with Gasteiger partial charge >= 0.3 is 0 Å². The van der Waals surface area contributed by atoms with Gasteiger partial charge < -0.3 is 10.6 Å². The first-order chi connectivity index (χ1) is 8.99. The standard InChI is InChI=1S/C17H30N2/c1-6-8-14(4)19(5)17-10-9-15(13(3)11-17)12-16(18)7-2/h9-11,14,16H,6-8,12,18H2,1-5H3. The van der Waals surface area contributed by atoms with E-state index in [1.165, 1.54) is 29.7 Å². The van der Waals surface area contributed by atoms with Crippen molar-refractivity contribution in [3.8, 4) is 0 Å². The summed E-state index contributed by atoms with van der Waals surface area (Å²) in [5.74, 6) is 0. The normalized spacial score (nSPS) is 14.2. The van der Waals surface area contributed by atoms with Crippen LogP contribution in [0.2, 0.25) is 0 Å². The van der Waals surface area contributed by atoms with Gasteiger partial charge in [0.2, 0.25) is 0 Å². The van der Waals surface area contributed by atoms with Crippen LogP contribution in [0.3, 0.4) is 0 Å². The third-order valence-electron chi connectivity index (χ3n) is 4.11. The van der Waals surface area contributed by atoms with Crippen molar-refractivity contribution in [1.82, 2.24) is 0 Å². The van der Waals surface area contributed by atoms with Gasteiger partial charge in [-0.05, 0) is 56.4 Å². The molecule has 2 atom stereocenters. The van der Waals surface area contributed by atoms with E-state index >= 15 is 0 Å². The second-order valence-corrected chi connectivity index (χ2v) is 5.73. The lowest BCUT2D eigenvalue weighted by atomic mass is 9.99. The fourth-order valence-corrected chi connectivity index (χ4v) is 2.42. The third-order valence-corrected chi connectivity index (χ3v) is 4.11. The van der Waals surface area contributed by atoms with Gasteiger partial charge in [0.05, 0.1) is 0 Å². The molecule has 2 N–H and O–H groups in total. The largest absolute Gasteiger partial charge is 0.372 e. The zero-order valence-electron chi connectivity index (χ0n) is 13.2. The molecule has 0 amide bonds. The van der Waals surface area contributed by atoms with E-state index in [1.807, 2.05) is 0 Å². The number of rotatable bonds is 7. The Balaban J connectivity index is 2.81.